The summed E-state index contributed by atoms with van der Waals surface area (Å²) in [6, 6.07) is 7.30. The van der Waals surface area contributed by atoms with Gasteiger partial charge in [0.05, 0.1) is 10.8 Å². The normalized spacial score (nSPS) is 11.6. The van der Waals surface area contributed by atoms with Gasteiger partial charge in [0.25, 0.3) is 0 Å². The molecule has 0 bridgehead atoms. The summed E-state index contributed by atoms with van der Waals surface area (Å²) in [6.07, 6.45) is 1.59. The minimum absolute atomic E-state index is 0. The van der Waals surface area contributed by atoms with Crippen molar-refractivity contribution < 1.29 is 20.1 Å². The molecule has 0 amide bonds. The number of hydrogen-bond acceptors (Lipinski definition) is 4. The van der Waals surface area contributed by atoms with Crippen molar-refractivity contribution in [1.29, 1.82) is 0 Å². The van der Waals surface area contributed by atoms with Gasteiger partial charge in [-0.3, -0.25) is 14.6 Å². The first kappa shape index (κ1) is 15.3. The number of rotatable bonds is 1. The van der Waals surface area contributed by atoms with Crippen LogP contribution in [0.15, 0.2) is 18.5 Å². The number of nitrogens with zero attached hydrogens (tertiary/aromatic N) is 4. The third-order valence-electron chi connectivity index (χ3n) is 2.85. The van der Waals surface area contributed by atoms with Gasteiger partial charge in [-0.2, -0.15) is 16.4 Å². The Morgan fingerprint density at radius 2 is 2.05 bits per heavy atom. The van der Waals surface area contributed by atoms with E-state index in [1.165, 1.54) is 0 Å². The summed E-state index contributed by atoms with van der Waals surface area (Å²) in [7, 11) is 0. The van der Waals surface area contributed by atoms with Crippen LogP contribution < -0.4 is 0 Å². The monoisotopic (exact) mass is 464 g/mol. The second kappa shape index (κ2) is 5.35. The van der Waals surface area contributed by atoms with Gasteiger partial charge in [0.1, 0.15) is 6.33 Å². The molecule has 3 rings (SSSR count). The molecule has 0 aliphatic heterocycles. The standard InChI is InChI=1S/C14H15N4S.Ir/c1-9-17-11-7-10(5-6-12(11)19-9)13-15-8-16-18(13)14(2,3)4;/h6-8H,1-4H3;/q-1;. The zero-order valence-electron chi connectivity index (χ0n) is 11.8. The van der Waals surface area contributed by atoms with Crippen molar-refractivity contribution in [2.75, 3.05) is 0 Å². The van der Waals surface area contributed by atoms with Crippen LogP contribution in [0, 0.1) is 13.0 Å². The molecule has 20 heavy (non-hydrogen) atoms. The summed E-state index contributed by atoms with van der Waals surface area (Å²) >= 11 is 1.68. The van der Waals surface area contributed by atoms with Gasteiger partial charge in [0, 0.05) is 25.6 Å². The van der Waals surface area contributed by atoms with E-state index in [2.05, 4.69) is 41.9 Å². The molecule has 1 aromatic carbocycles. The van der Waals surface area contributed by atoms with Crippen molar-refractivity contribution in [2.24, 2.45) is 0 Å². The fourth-order valence-electron chi connectivity index (χ4n) is 2.03. The Balaban J connectivity index is 0.00000147. The Labute approximate surface area is 135 Å². The zero-order chi connectivity index (χ0) is 13.6. The molecule has 3 aromatic rings. The first-order valence-electron chi connectivity index (χ1n) is 6.15. The van der Waals surface area contributed by atoms with Crippen LogP contribution in [0.3, 0.4) is 0 Å². The van der Waals surface area contributed by atoms with E-state index in [0.717, 1.165) is 26.6 Å². The van der Waals surface area contributed by atoms with Gasteiger partial charge in [0.2, 0.25) is 0 Å². The predicted octanol–water partition coefficient (Wildman–Crippen LogP) is 3.42. The number of aromatic nitrogens is 4. The molecule has 0 aliphatic carbocycles. The molecule has 0 saturated carbocycles. The van der Waals surface area contributed by atoms with Crippen LogP contribution in [0.1, 0.15) is 25.8 Å². The fourth-order valence-corrected chi connectivity index (χ4v) is 2.82. The molecule has 0 unspecified atom stereocenters. The van der Waals surface area contributed by atoms with Crippen LogP contribution in [-0.2, 0) is 25.6 Å². The van der Waals surface area contributed by atoms with Gasteiger partial charge in [-0.1, -0.05) is 0 Å². The maximum absolute atomic E-state index is 4.52. The second-order valence-corrected chi connectivity index (χ2v) is 6.73. The quantitative estimate of drug-likeness (QED) is 0.520. The molecule has 6 heteroatoms. The molecular weight excluding hydrogens is 448 g/mol. The largest absolute Gasteiger partial charge is 0.281 e. The first-order chi connectivity index (χ1) is 8.95. The minimum atomic E-state index is -0.105. The second-order valence-electron chi connectivity index (χ2n) is 5.50. The smallest absolute Gasteiger partial charge is 0.127 e. The van der Waals surface area contributed by atoms with Crippen LogP contribution in [0.25, 0.3) is 21.6 Å². The summed E-state index contributed by atoms with van der Waals surface area (Å²) < 4.78 is 3.08. The predicted molar refractivity (Wildman–Crippen MR) is 77.2 cm³/mol. The van der Waals surface area contributed by atoms with Crippen LogP contribution in [0.5, 0.6) is 0 Å². The van der Waals surface area contributed by atoms with Gasteiger partial charge >= 0.3 is 0 Å². The van der Waals surface area contributed by atoms with E-state index < -0.39 is 0 Å². The van der Waals surface area contributed by atoms with Crippen molar-refractivity contribution in [2.45, 2.75) is 33.2 Å². The maximum atomic E-state index is 4.52. The van der Waals surface area contributed by atoms with Crippen LogP contribution in [-0.4, -0.2) is 19.7 Å². The molecule has 2 aromatic heterocycles. The Bertz CT molecular complexity index is 739. The van der Waals surface area contributed by atoms with Gasteiger partial charge in [-0.05, 0) is 37.9 Å². The number of benzene rings is 1. The van der Waals surface area contributed by atoms with Crippen LogP contribution >= 0.6 is 11.3 Å². The van der Waals surface area contributed by atoms with Crippen molar-refractivity contribution in [3.05, 3.63) is 29.5 Å². The van der Waals surface area contributed by atoms with Crippen molar-refractivity contribution in [3.8, 4) is 11.4 Å². The van der Waals surface area contributed by atoms with Crippen LogP contribution in [0.4, 0.5) is 0 Å². The van der Waals surface area contributed by atoms with E-state index >= 15 is 0 Å². The Hall–Kier alpha value is -1.10. The third-order valence-corrected chi connectivity index (χ3v) is 3.79. The van der Waals surface area contributed by atoms with Crippen molar-refractivity contribution >= 4 is 21.6 Å². The average molecular weight is 464 g/mol. The summed E-state index contributed by atoms with van der Waals surface area (Å²) in [6.45, 7) is 8.34. The van der Waals surface area contributed by atoms with E-state index in [9.17, 15) is 0 Å². The molecule has 0 atom stereocenters. The SMILES string of the molecule is Cc1nc2cc(-c3ncnn3C(C)(C)C)[c-]cc2s1.[Ir]. The summed E-state index contributed by atoms with van der Waals surface area (Å²) in [5.74, 6) is 0.833. The van der Waals surface area contributed by atoms with Crippen molar-refractivity contribution in [1.82, 2.24) is 19.7 Å². The number of aryl methyl sites for hydroxylation is 1. The first-order valence-corrected chi connectivity index (χ1v) is 6.96. The fraction of sp³-hybridized carbons (Fsp3) is 0.357. The summed E-state index contributed by atoms with van der Waals surface area (Å²) in [5, 5.41) is 5.38. The van der Waals surface area contributed by atoms with E-state index in [1.54, 1.807) is 17.7 Å². The third kappa shape index (κ3) is 2.68. The van der Waals surface area contributed by atoms with E-state index in [1.807, 2.05) is 23.7 Å². The Morgan fingerprint density at radius 1 is 1.30 bits per heavy atom. The minimum Gasteiger partial charge on any atom is -0.281 e. The Kier molecular flexibility index (Phi) is 4.09. The van der Waals surface area contributed by atoms with Crippen LogP contribution in [0.2, 0.25) is 0 Å². The molecule has 4 nitrogen and oxygen atoms in total. The molecule has 107 valence electrons. The van der Waals surface area contributed by atoms with Crippen molar-refractivity contribution in [3.63, 3.8) is 0 Å². The van der Waals surface area contributed by atoms with E-state index in [-0.39, 0.29) is 25.6 Å². The summed E-state index contributed by atoms with van der Waals surface area (Å²) in [5.41, 5.74) is 1.83. The van der Waals surface area contributed by atoms with E-state index in [4.69, 9.17) is 0 Å². The topological polar surface area (TPSA) is 43.6 Å². The number of fused-ring (bicyclic) bond motifs is 1. The molecule has 0 N–H and O–H groups in total. The molecule has 1 radical (unpaired) electrons. The van der Waals surface area contributed by atoms with Gasteiger partial charge in [-0.15, -0.1) is 23.8 Å². The average Bonchev–Trinajstić information content (AvgIpc) is 2.90. The molecule has 0 aliphatic rings. The number of thiazole rings is 1. The van der Waals surface area contributed by atoms with Gasteiger partial charge < -0.3 is 0 Å². The molecule has 0 spiro atoms. The maximum Gasteiger partial charge on any atom is 0.127 e. The van der Waals surface area contributed by atoms with Gasteiger partial charge in [-0.25, -0.2) is 0 Å². The molecular formula is C14H15IrN4S-. The zero-order valence-corrected chi connectivity index (χ0v) is 15.0. The summed E-state index contributed by atoms with van der Waals surface area (Å²) in [4.78, 5) is 8.88. The van der Waals surface area contributed by atoms with E-state index in [0.29, 0.717) is 0 Å². The molecule has 0 fully saturated rings. The molecule has 0 saturated heterocycles. The molecule has 2 heterocycles. The Morgan fingerprint density at radius 3 is 2.75 bits per heavy atom. The number of hydrogen-bond donors (Lipinski definition) is 0. The van der Waals surface area contributed by atoms with Gasteiger partial charge in [0.15, 0.2) is 0 Å².